The standard InChI is InChI=1S/C12H21F2N3/c1-7(2)17-9(4)10(8(3)16-17)6-12(5,15)11(13)14/h7,11H,6,15H2,1-5H3. The average Bonchev–Trinajstić information content (AvgIpc) is 2.45. The molecule has 0 aliphatic heterocycles. The Kier molecular flexibility index (Phi) is 3.91. The first-order chi connectivity index (χ1) is 7.66. The van der Waals surface area contributed by atoms with Crippen molar-refractivity contribution in [2.24, 2.45) is 5.73 Å². The third-order valence-corrected chi connectivity index (χ3v) is 3.02. The maximum atomic E-state index is 12.8. The fraction of sp³-hybridized carbons (Fsp3) is 0.750. The highest BCUT2D eigenvalue weighted by molar-refractivity contribution is 5.27. The Morgan fingerprint density at radius 1 is 1.35 bits per heavy atom. The van der Waals surface area contributed by atoms with E-state index < -0.39 is 12.0 Å². The van der Waals surface area contributed by atoms with Crippen molar-refractivity contribution < 1.29 is 8.78 Å². The zero-order valence-electron chi connectivity index (χ0n) is 11.1. The van der Waals surface area contributed by atoms with Gasteiger partial charge in [0.2, 0.25) is 0 Å². The van der Waals surface area contributed by atoms with Crippen LogP contribution in [0.1, 0.15) is 43.8 Å². The lowest BCUT2D eigenvalue weighted by Gasteiger charge is -2.23. The molecule has 1 aromatic heterocycles. The Labute approximate surface area is 101 Å². The van der Waals surface area contributed by atoms with E-state index in [4.69, 9.17) is 5.73 Å². The second-order valence-electron chi connectivity index (χ2n) is 5.17. The van der Waals surface area contributed by atoms with Crippen LogP contribution < -0.4 is 5.73 Å². The number of rotatable bonds is 4. The van der Waals surface area contributed by atoms with Crippen LogP contribution in [0.25, 0.3) is 0 Å². The Morgan fingerprint density at radius 3 is 2.24 bits per heavy atom. The van der Waals surface area contributed by atoms with Gasteiger partial charge in [-0.2, -0.15) is 5.10 Å². The summed E-state index contributed by atoms with van der Waals surface area (Å²) in [6, 6.07) is 0.220. The molecular weight excluding hydrogens is 224 g/mol. The molecule has 0 aliphatic rings. The minimum atomic E-state index is -2.54. The zero-order chi connectivity index (χ0) is 13.4. The number of alkyl halides is 2. The topological polar surface area (TPSA) is 43.8 Å². The molecule has 1 unspecified atom stereocenters. The third-order valence-electron chi connectivity index (χ3n) is 3.02. The summed E-state index contributed by atoms with van der Waals surface area (Å²) in [5.41, 5.74) is 6.68. The summed E-state index contributed by atoms with van der Waals surface area (Å²) in [6.45, 7) is 9.14. The molecule has 1 atom stereocenters. The molecular formula is C12H21F2N3. The van der Waals surface area contributed by atoms with Crippen molar-refractivity contribution in [1.82, 2.24) is 9.78 Å². The number of nitrogens with zero attached hydrogens (tertiary/aromatic N) is 2. The van der Waals surface area contributed by atoms with Gasteiger partial charge in [0, 0.05) is 11.7 Å². The number of halogens is 2. The van der Waals surface area contributed by atoms with Crippen LogP contribution in [0.3, 0.4) is 0 Å². The SMILES string of the molecule is Cc1nn(C(C)C)c(C)c1CC(C)(N)C(F)F. The van der Waals surface area contributed by atoms with Crippen molar-refractivity contribution in [3.8, 4) is 0 Å². The van der Waals surface area contributed by atoms with Crippen LogP contribution >= 0.6 is 0 Å². The summed E-state index contributed by atoms with van der Waals surface area (Å²) in [5.74, 6) is 0. The first kappa shape index (κ1) is 14.1. The van der Waals surface area contributed by atoms with E-state index in [0.717, 1.165) is 17.0 Å². The van der Waals surface area contributed by atoms with Crippen LogP contribution in [-0.2, 0) is 6.42 Å². The lowest BCUT2D eigenvalue weighted by atomic mass is 9.93. The summed E-state index contributed by atoms with van der Waals surface area (Å²) >= 11 is 0. The van der Waals surface area contributed by atoms with Gasteiger partial charge in [0.1, 0.15) is 0 Å². The normalized spacial score (nSPS) is 15.6. The monoisotopic (exact) mass is 245 g/mol. The van der Waals surface area contributed by atoms with E-state index >= 15 is 0 Å². The highest BCUT2D eigenvalue weighted by Gasteiger charge is 2.32. The first-order valence-corrected chi connectivity index (χ1v) is 5.78. The molecule has 2 N–H and O–H groups in total. The molecule has 0 aliphatic carbocycles. The van der Waals surface area contributed by atoms with Crippen molar-refractivity contribution in [3.05, 3.63) is 17.0 Å². The van der Waals surface area contributed by atoms with E-state index in [2.05, 4.69) is 5.10 Å². The average molecular weight is 245 g/mol. The highest BCUT2D eigenvalue weighted by atomic mass is 19.3. The minimum absolute atomic E-state index is 0.148. The van der Waals surface area contributed by atoms with Gasteiger partial charge in [-0.15, -0.1) is 0 Å². The van der Waals surface area contributed by atoms with E-state index in [1.54, 1.807) is 0 Å². The number of aromatic nitrogens is 2. The minimum Gasteiger partial charge on any atom is -0.320 e. The summed E-state index contributed by atoms with van der Waals surface area (Å²) in [5, 5.41) is 4.37. The molecule has 1 aromatic rings. The van der Waals surface area contributed by atoms with E-state index in [1.807, 2.05) is 32.4 Å². The number of hydrogen-bond donors (Lipinski definition) is 1. The fourth-order valence-electron chi connectivity index (χ4n) is 1.91. The van der Waals surface area contributed by atoms with Crippen molar-refractivity contribution in [3.63, 3.8) is 0 Å². The van der Waals surface area contributed by atoms with Gasteiger partial charge in [0.25, 0.3) is 6.43 Å². The van der Waals surface area contributed by atoms with Crippen LogP contribution in [0.2, 0.25) is 0 Å². The molecule has 0 saturated heterocycles. The molecule has 1 rings (SSSR count). The van der Waals surface area contributed by atoms with Crippen LogP contribution in [0.4, 0.5) is 8.78 Å². The molecule has 0 aromatic carbocycles. The molecule has 0 fully saturated rings. The molecule has 0 saturated carbocycles. The van der Waals surface area contributed by atoms with Gasteiger partial charge >= 0.3 is 0 Å². The third kappa shape index (κ3) is 2.83. The fourth-order valence-corrected chi connectivity index (χ4v) is 1.91. The second kappa shape index (κ2) is 4.72. The summed E-state index contributed by atoms with van der Waals surface area (Å²) in [6.07, 6.45) is -2.39. The predicted octanol–water partition coefficient (Wildman–Crippen LogP) is 2.61. The molecule has 1 heterocycles. The second-order valence-corrected chi connectivity index (χ2v) is 5.17. The highest BCUT2D eigenvalue weighted by Crippen LogP contribution is 2.24. The van der Waals surface area contributed by atoms with E-state index in [0.29, 0.717) is 0 Å². The van der Waals surface area contributed by atoms with Crippen LogP contribution in [0, 0.1) is 13.8 Å². The maximum Gasteiger partial charge on any atom is 0.256 e. The summed E-state index contributed by atoms with van der Waals surface area (Å²) < 4.78 is 27.4. The lowest BCUT2D eigenvalue weighted by molar-refractivity contribution is 0.0638. The quantitative estimate of drug-likeness (QED) is 0.886. The van der Waals surface area contributed by atoms with Gasteiger partial charge in [-0.05, 0) is 46.6 Å². The van der Waals surface area contributed by atoms with Crippen LogP contribution in [-0.4, -0.2) is 21.7 Å². The zero-order valence-corrected chi connectivity index (χ0v) is 11.1. The van der Waals surface area contributed by atoms with Gasteiger partial charge in [-0.1, -0.05) is 0 Å². The Balaban J connectivity index is 3.08. The predicted molar refractivity (Wildman–Crippen MR) is 64.4 cm³/mol. The van der Waals surface area contributed by atoms with E-state index in [1.165, 1.54) is 6.92 Å². The van der Waals surface area contributed by atoms with Crippen molar-refractivity contribution in [2.45, 2.75) is 59.0 Å². The molecule has 0 bridgehead atoms. The van der Waals surface area contributed by atoms with Crippen LogP contribution in [0.5, 0.6) is 0 Å². The summed E-state index contributed by atoms with van der Waals surface area (Å²) in [4.78, 5) is 0. The maximum absolute atomic E-state index is 12.8. The first-order valence-electron chi connectivity index (χ1n) is 5.78. The Bertz CT molecular complexity index is 395. The van der Waals surface area contributed by atoms with E-state index in [9.17, 15) is 8.78 Å². The Morgan fingerprint density at radius 2 is 1.88 bits per heavy atom. The molecule has 0 spiro atoms. The van der Waals surface area contributed by atoms with Gasteiger partial charge in [0.05, 0.1) is 11.2 Å². The smallest absolute Gasteiger partial charge is 0.256 e. The molecule has 0 amide bonds. The summed E-state index contributed by atoms with van der Waals surface area (Å²) in [7, 11) is 0. The number of hydrogen-bond acceptors (Lipinski definition) is 2. The van der Waals surface area contributed by atoms with Gasteiger partial charge in [-0.3, -0.25) is 4.68 Å². The molecule has 98 valence electrons. The number of nitrogens with two attached hydrogens (primary N) is 1. The lowest BCUT2D eigenvalue weighted by Crippen LogP contribution is -2.46. The van der Waals surface area contributed by atoms with Gasteiger partial charge < -0.3 is 5.73 Å². The molecule has 0 radical (unpaired) electrons. The molecule has 17 heavy (non-hydrogen) atoms. The molecule has 5 heteroatoms. The van der Waals surface area contributed by atoms with E-state index in [-0.39, 0.29) is 12.5 Å². The number of aryl methyl sites for hydroxylation is 1. The Hall–Kier alpha value is -0.970. The van der Waals surface area contributed by atoms with Crippen molar-refractivity contribution in [1.29, 1.82) is 0 Å². The molecule has 3 nitrogen and oxygen atoms in total. The van der Waals surface area contributed by atoms with Gasteiger partial charge in [-0.25, -0.2) is 8.78 Å². The van der Waals surface area contributed by atoms with Gasteiger partial charge in [0.15, 0.2) is 0 Å². The van der Waals surface area contributed by atoms with Crippen molar-refractivity contribution >= 4 is 0 Å². The largest absolute Gasteiger partial charge is 0.320 e. The van der Waals surface area contributed by atoms with Crippen LogP contribution in [0.15, 0.2) is 0 Å². The van der Waals surface area contributed by atoms with Crippen molar-refractivity contribution in [2.75, 3.05) is 0 Å².